The molecule has 78 valence electrons. The number of thiophene rings is 1. The topological polar surface area (TPSA) is 22.0 Å². The van der Waals surface area contributed by atoms with E-state index in [1.54, 1.807) is 11.3 Å². The van der Waals surface area contributed by atoms with E-state index in [0.29, 0.717) is 0 Å². The van der Waals surface area contributed by atoms with Crippen LogP contribution in [-0.2, 0) is 13.0 Å². The van der Waals surface area contributed by atoms with Crippen molar-refractivity contribution in [3.05, 3.63) is 45.9 Å². The molecule has 0 aliphatic carbocycles. The summed E-state index contributed by atoms with van der Waals surface area (Å²) >= 11 is 1.75. The SMILES string of the molecule is CCc1ccsc1Cn1cccc1C=O. The third-order valence-corrected chi connectivity index (χ3v) is 3.47. The van der Waals surface area contributed by atoms with Crippen LogP contribution in [0.5, 0.6) is 0 Å². The van der Waals surface area contributed by atoms with Gasteiger partial charge in [-0.05, 0) is 35.6 Å². The van der Waals surface area contributed by atoms with Crippen LogP contribution in [0.2, 0.25) is 0 Å². The molecular weight excluding hydrogens is 206 g/mol. The molecular formula is C12H13NOS. The Morgan fingerprint density at radius 2 is 2.33 bits per heavy atom. The molecule has 2 rings (SSSR count). The lowest BCUT2D eigenvalue weighted by molar-refractivity contribution is 0.111. The van der Waals surface area contributed by atoms with Crippen molar-refractivity contribution in [3.63, 3.8) is 0 Å². The highest BCUT2D eigenvalue weighted by atomic mass is 32.1. The summed E-state index contributed by atoms with van der Waals surface area (Å²) in [5.74, 6) is 0. The van der Waals surface area contributed by atoms with Crippen molar-refractivity contribution in [2.75, 3.05) is 0 Å². The van der Waals surface area contributed by atoms with Crippen LogP contribution in [0.1, 0.15) is 27.9 Å². The Morgan fingerprint density at radius 3 is 3.07 bits per heavy atom. The van der Waals surface area contributed by atoms with Crippen LogP contribution in [0.3, 0.4) is 0 Å². The van der Waals surface area contributed by atoms with E-state index in [9.17, 15) is 4.79 Å². The largest absolute Gasteiger partial charge is 0.340 e. The lowest BCUT2D eigenvalue weighted by Crippen LogP contribution is -2.02. The second kappa shape index (κ2) is 4.45. The normalized spacial score (nSPS) is 10.5. The second-order valence-electron chi connectivity index (χ2n) is 3.40. The van der Waals surface area contributed by atoms with Crippen LogP contribution in [0.25, 0.3) is 0 Å². The van der Waals surface area contributed by atoms with Crippen LogP contribution in [-0.4, -0.2) is 10.9 Å². The smallest absolute Gasteiger partial charge is 0.166 e. The Hall–Kier alpha value is -1.35. The average molecular weight is 219 g/mol. The predicted octanol–water partition coefficient (Wildman–Crippen LogP) is 2.97. The molecule has 2 nitrogen and oxygen atoms in total. The van der Waals surface area contributed by atoms with Gasteiger partial charge in [-0.15, -0.1) is 11.3 Å². The van der Waals surface area contributed by atoms with Crippen LogP contribution in [0.4, 0.5) is 0 Å². The van der Waals surface area contributed by atoms with Gasteiger partial charge in [-0.3, -0.25) is 4.79 Å². The van der Waals surface area contributed by atoms with Gasteiger partial charge in [-0.1, -0.05) is 6.92 Å². The zero-order chi connectivity index (χ0) is 10.7. The number of hydrogen-bond donors (Lipinski definition) is 0. The van der Waals surface area contributed by atoms with E-state index in [4.69, 9.17) is 0 Å². The monoisotopic (exact) mass is 219 g/mol. The minimum absolute atomic E-state index is 0.741. The summed E-state index contributed by atoms with van der Waals surface area (Å²) in [7, 11) is 0. The van der Waals surface area contributed by atoms with Gasteiger partial charge in [0, 0.05) is 11.1 Å². The first-order valence-electron chi connectivity index (χ1n) is 5.00. The van der Waals surface area contributed by atoms with Gasteiger partial charge in [0.05, 0.1) is 12.2 Å². The molecule has 3 heteroatoms. The van der Waals surface area contributed by atoms with Crippen LogP contribution in [0.15, 0.2) is 29.8 Å². The van der Waals surface area contributed by atoms with E-state index in [-0.39, 0.29) is 0 Å². The van der Waals surface area contributed by atoms with E-state index in [1.807, 2.05) is 22.9 Å². The molecule has 0 aromatic carbocycles. The molecule has 0 saturated carbocycles. The molecule has 0 atom stereocenters. The highest BCUT2D eigenvalue weighted by molar-refractivity contribution is 7.10. The second-order valence-corrected chi connectivity index (χ2v) is 4.40. The molecule has 15 heavy (non-hydrogen) atoms. The maximum atomic E-state index is 10.8. The molecule has 0 N–H and O–H groups in total. The summed E-state index contributed by atoms with van der Waals surface area (Å²) in [4.78, 5) is 12.1. The zero-order valence-electron chi connectivity index (χ0n) is 8.64. The number of aryl methyl sites for hydroxylation is 1. The van der Waals surface area contributed by atoms with E-state index < -0.39 is 0 Å². The fraction of sp³-hybridized carbons (Fsp3) is 0.250. The maximum Gasteiger partial charge on any atom is 0.166 e. The number of carbonyl (C=O) groups excluding carboxylic acids is 1. The van der Waals surface area contributed by atoms with Gasteiger partial charge >= 0.3 is 0 Å². The number of carbonyl (C=O) groups is 1. The van der Waals surface area contributed by atoms with Crippen molar-refractivity contribution < 1.29 is 4.79 Å². The lowest BCUT2D eigenvalue weighted by atomic mass is 10.2. The van der Waals surface area contributed by atoms with Gasteiger partial charge in [0.15, 0.2) is 6.29 Å². The van der Waals surface area contributed by atoms with Crippen molar-refractivity contribution in [1.82, 2.24) is 4.57 Å². The highest BCUT2D eigenvalue weighted by Gasteiger charge is 2.05. The predicted molar refractivity (Wildman–Crippen MR) is 62.6 cm³/mol. The molecule has 2 aromatic rings. The standard InChI is InChI=1S/C12H13NOS/c1-2-10-5-7-15-12(10)8-13-6-3-4-11(13)9-14/h3-7,9H,2,8H2,1H3. The number of rotatable bonds is 4. The van der Waals surface area contributed by atoms with Crippen LogP contribution >= 0.6 is 11.3 Å². The van der Waals surface area contributed by atoms with Gasteiger partial charge in [0.2, 0.25) is 0 Å². The average Bonchev–Trinajstić information content (AvgIpc) is 2.87. The van der Waals surface area contributed by atoms with Crippen molar-refractivity contribution in [2.24, 2.45) is 0 Å². The fourth-order valence-electron chi connectivity index (χ4n) is 1.65. The minimum Gasteiger partial charge on any atom is -0.340 e. The summed E-state index contributed by atoms with van der Waals surface area (Å²) in [6.07, 6.45) is 3.90. The third kappa shape index (κ3) is 2.02. The quantitative estimate of drug-likeness (QED) is 0.725. The Bertz CT molecular complexity index is 456. The maximum absolute atomic E-state index is 10.8. The molecule has 0 amide bonds. The van der Waals surface area contributed by atoms with Crippen molar-refractivity contribution in [3.8, 4) is 0 Å². The molecule has 0 aliphatic rings. The number of nitrogens with zero attached hydrogens (tertiary/aromatic N) is 1. The van der Waals surface area contributed by atoms with Crippen LogP contribution in [0, 0.1) is 0 Å². The summed E-state index contributed by atoms with van der Waals surface area (Å²) in [5, 5.41) is 2.11. The number of aromatic nitrogens is 1. The van der Waals surface area contributed by atoms with E-state index in [1.165, 1.54) is 10.4 Å². The Labute approximate surface area is 93.2 Å². The molecule has 0 fully saturated rings. The van der Waals surface area contributed by atoms with Gasteiger partial charge in [0.25, 0.3) is 0 Å². The minimum atomic E-state index is 0.741. The summed E-state index contributed by atoms with van der Waals surface area (Å²) in [5.41, 5.74) is 2.12. The number of aldehydes is 1. The molecule has 0 saturated heterocycles. The first kappa shape index (κ1) is 10.2. The van der Waals surface area contributed by atoms with Crippen molar-refractivity contribution >= 4 is 17.6 Å². The fourth-order valence-corrected chi connectivity index (χ4v) is 2.63. The molecule has 0 spiro atoms. The van der Waals surface area contributed by atoms with Gasteiger partial charge < -0.3 is 4.57 Å². The first-order chi connectivity index (χ1) is 7.35. The summed E-state index contributed by atoms with van der Waals surface area (Å²) in [6, 6.07) is 5.90. The summed E-state index contributed by atoms with van der Waals surface area (Å²) in [6.45, 7) is 2.96. The van der Waals surface area contributed by atoms with Crippen molar-refractivity contribution in [1.29, 1.82) is 0 Å². The zero-order valence-corrected chi connectivity index (χ0v) is 9.46. The van der Waals surface area contributed by atoms with Gasteiger partial charge in [-0.25, -0.2) is 0 Å². The van der Waals surface area contributed by atoms with Gasteiger partial charge in [-0.2, -0.15) is 0 Å². The van der Waals surface area contributed by atoms with Crippen molar-refractivity contribution in [2.45, 2.75) is 19.9 Å². The van der Waals surface area contributed by atoms with Crippen LogP contribution < -0.4 is 0 Å². The van der Waals surface area contributed by atoms with E-state index in [2.05, 4.69) is 18.4 Å². The highest BCUT2D eigenvalue weighted by Crippen LogP contribution is 2.19. The molecule has 0 unspecified atom stereocenters. The molecule has 0 aliphatic heterocycles. The van der Waals surface area contributed by atoms with Gasteiger partial charge in [0.1, 0.15) is 0 Å². The molecule has 0 bridgehead atoms. The first-order valence-corrected chi connectivity index (χ1v) is 5.88. The molecule has 2 heterocycles. The Kier molecular flexibility index (Phi) is 3.02. The number of hydrogen-bond acceptors (Lipinski definition) is 2. The Morgan fingerprint density at radius 1 is 1.47 bits per heavy atom. The third-order valence-electron chi connectivity index (χ3n) is 2.52. The van der Waals surface area contributed by atoms with E-state index in [0.717, 1.165) is 24.9 Å². The molecule has 2 aromatic heterocycles. The molecule has 0 radical (unpaired) electrons. The lowest BCUT2D eigenvalue weighted by Gasteiger charge is -2.05. The Balaban J connectivity index is 2.25. The van der Waals surface area contributed by atoms with E-state index >= 15 is 0 Å². The summed E-state index contributed by atoms with van der Waals surface area (Å²) < 4.78 is 1.98.